The van der Waals surface area contributed by atoms with E-state index in [9.17, 15) is 14.4 Å². The minimum absolute atomic E-state index is 0.0766. The highest BCUT2D eigenvalue weighted by Gasteiger charge is 2.36. The average molecular weight is 396 g/mol. The number of esters is 1. The predicted octanol–water partition coefficient (Wildman–Crippen LogP) is 2.93. The molecule has 0 aromatic heterocycles. The lowest BCUT2D eigenvalue weighted by Gasteiger charge is -2.16. The molecule has 2 amide bonds. The third-order valence-corrected chi connectivity index (χ3v) is 4.60. The second-order valence-corrected chi connectivity index (χ2v) is 6.85. The Labute approximate surface area is 169 Å². The van der Waals surface area contributed by atoms with Crippen LogP contribution in [0, 0.1) is 12.8 Å². The SMILES string of the molecule is CCOc1ccc(NC(=O)COC(=O)[C@H]2CC(=O)N(c3ccc(C)cc3)C2)cc1. The predicted molar refractivity (Wildman–Crippen MR) is 109 cm³/mol. The summed E-state index contributed by atoms with van der Waals surface area (Å²) in [6.45, 7) is 4.27. The normalized spacial score (nSPS) is 15.9. The first kappa shape index (κ1) is 20.4. The fourth-order valence-electron chi connectivity index (χ4n) is 3.09. The van der Waals surface area contributed by atoms with Gasteiger partial charge in [-0.05, 0) is 50.2 Å². The second kappa shape index (κ2) is 9.23. The number of anilines is 2. The molecule has 1 aliphatic rings. The molecule has 0 saturated carbocycles. The standard InChI is InChI=1S/C22H24N2O5/c1-3-28-19-10-6-17(7-11-19)23-20(25)14-29-22(27)16-12-21(26)24(13-16)18-8-4-15(2)5-9-18/h4-11,16H,3,12-14H2,1-2H3,(H,23,25)/t16-/m0/s1. The van der Waals surface area contributed by atoms with Crippen molar-refractivity contribution in [2.45, 2.75) is 20.3 Å². The first-order valence-corrected chi connectivity index (χ1v) is 9.52. The van der Waals surface area contributed by atoms with Crippen LogP contribution < -0.4 is 15.0 Å². The van der Waals surface area contributed by atoms with E-state index < -0.39 is 24.4 Å². The number of carbonyl (C=O) groups excluding carboxylic acids is 3. The molecule has 1 heterocycles. The minimum Gasteiger partial charge on any atom is -0.494 e. The molecule has 1 atom stereocenters. The smallest absolute Gasteiger partial charge is 0.311 e. The van der Waals surface area contributed by atoms with Crippen LogP contribution in [0.5, 0.6) is 5.75 Å². The molecule has 1 aliphatic heterocycles. The van der Waals surface area contributed by atoms with E-state index in [0.29, 0.717) is 18.0 Å². The summed E-state index contributed by atoms with van der Waals surface area (Å²) in [5.41, 5.74) is 2.43. The van der Waals surface area contributed by atoms with Crippen molar-refractivity contribution in [1.29, 1.82) is 0 Å². The van der Waals surface area contributed by atoms with Crippen LogP contribution in [0.15, 0.2) is 48.5 Å². The maximum absolute atomic E-state index is 12.3. The van der Waals surface area contributed by atoms with E-state index in [2.05, 4.69) is 5.32 Å². The highest BCUT2D eigenvalue weighted by atomic mass is 16.5. The van der Waals surface area contributed by atoms with Gasteiger partial charge in [0.1, 0.15) is 5.75 Å². The number of aryl methyl sites for hydroxylation is 1. The zero-order valence-corrected chi connectivity index (χ0v) is 16.5. The number of rotatable bonds is 7. The van der Waals surface area contributed by atoms with Gasteiger partial charge in [-0.2, -0.15) is 0 Å². The van der Waals surface area contributed by atoms with Crippen molar-refractivity contribution in [1.82, 2.24) is 0 Å². The molecular weight excluding hydrogens is 372 g/mol. The van der Waals surface area contributed by atoms with E-state index >= 15 is 0 Å². The lowest BCUT2D eigenvalue weighted by molar-refractivity contribution is -0.151. The molecule has 0 bridgehead atoms. The number of amides is 2. The average Bonchev–Trinajstić information content (AvgIpc) is 3.10. The summed E-state index contributed by atoms with van der Waals surface area (Å²) in [7, 11) is 0. The molecule has 1 fully saturated rings. The molecule has 0 radical (unpaired) electrons. The fraction of sp³-hybridized carbons (Fsp3) is 0.318. The summed E-state index contributed by atoms with van der Waals surface area (Å²) in [5.74, 6) is -0.991. The van der Waals surface area contributed by atoms with Crippen LogP contribution in [-0.4, -0.2) is 37.5 Å². The van der Waals surface area contributed by atoms with Gasteiger partial charge in [-0.3, -0.25) is 14.4 Å². The van der Waals surface area contributed by atoms with Crippen LogP contribution in [0.25, 0.3) is 0 Å². The van der Waals surface area contributed by atoms with Crippen molar-refractivity contribution in [2.24, 2.45) is 5.92 Å². The molecule has 3 rings (SSSR count). The van der Waals surface area contributed by atoms with Crippen molar-refractivity contribution >= 4 is 29.2 Å². The quantitative estimate of drug-likeness (QED) is 0.728. The van der Waals surface area contributed by atoms with E-state index in [-0.39, 0.29) is 18.9 Å². The maximum Gasteiger partial charge on any atom is 0.311 e. The summed E-state index contributed by atoms with van der Waals surface area (Å²) < 4.78 is 10.5. The number of hydrogen-bond donors (Lipinski definition) is 1. The van der Waals surface area contributed by atoms with Crippen LogP contribution in [0.1, 0.15) is 18.9 Å². The van der Waals surface area contributed by atoms with E-state index in [1.165, 1.54) is 0 Å². The van der Waals surface area contributed by atoms with Crippen LogP contribution in [0.4, 0.5) is 11.4 Å². The Bertz CT molecular complexity index is 877. The number of carbonyl (C=O) groups is 3. The fourth-order valence-corrected chi connectivity index (χ4v) is 3.09. The largest absolute Gasteiger partial charge is 0.494 e. The topological polar surface area (TPSA) is 84.9 Å². The van der Waals surface area contributed by atoms with Crippen LogP contribution >= 0.6 is 0 Å². The van der Waals surface area contributed by atoms with Crippen molar-refractivity contribution in [3.63, 3.8) is 0 Å². The lowest BCUT2D eigenvalue weighted by atomic mass is 10.1. The van der Waals surface area contributed by atoms with Gasteiger partial charge in [-0.25, -0.2) is 0 Å². The third kappa shape index (κ3) is 5.34. The van der Waals surface area contributed by atoms with Crippen molar-refractivity contribution in [2.75, 3.05) is 30.0 Å². The third-order valence-electron chi connectivity index (χ3n) is 4.60. The van der Waals surface area contributed by atoms with Gasteiger partial charge in [0.15, 0.2) is 6.61 Å². The molecule has 7 nitrogen and oxygen atoms in total. The first-order chi connectivity index (χ1) is 14.0. The number of benzene rings is 2. The molecule has 2 aromatic carbocycles. The summed E-state index contributed by atoms with van der Waals surface area (Å²) in [6.07, 6.45) is 0.0766. The Morgan fingerprint density at radius 3 is 2.45 bits per heavy atom. The van der Waals surface area contributed by atoms with Crippen LogP contribution in [0.3, 0.4) is 0 Å². The number of nitrogens with one attached hydrogen (secondary N) is 1. The molecular formula is C22H24N2O5. The Hall–Kier alpha value is -3.35. The molecule has 0 aliphatic carbocycles. The molecule has 0 spiro atoms. The molecule has 2 aromatic rings. The summed E-state index contributed by atoms with van der Waals surface area (Å²) >= 11 is 0. The molecule has 152 valence electrons. The van der Waals surface area contributed by atoms with E-state index in [1.807, 2.05) is 38.1 Å². The van der Waals surface area contributed by atoms with Crippen molar-refractivity contribution in [3.8, 4) is 5.75 Å². The van der Waals surface area contributed by atoms with Crippen LogP contribution in [-0.2, 0) is 19.1 Å². The number of hydrogen-bond acceptors (Lipinski definition) is 5. The number of ether oxygens (including phenoxy) is 2. The van der Waals surface area contributed by atoms with Crippen molar-refractivity contribution < 1.29 is 23.9 Å². The van der Waals surface area contributed by atoms with Gasteiger partial charge in [0.25, 0.3) is 5.91 Å². The molecule has 7 heteroatoms. The zero-order valence-electron chi connectivity index (χ0n) is 16.5. The Morgan fingerprint density at radius 1 is 1.10 bits per heavy atom. The first-order valence-electron chi connectivity index (χ1n) is 9.52. The maximum atomic E-state index is 12.3. The summed E-state index contributed by atoms with van der Waals surface area (Å²) in [4.78, 5) is 38.2. The molecule has 1 N–H and O–H groups in total. The van der Waals surface area contributed by atoms with E-state index in [0.717, 1.165) is 11.3 Å². The number of nitrogens with zero attached hydrogens (tertiary/aromatic N) is 1. The van der Waals surface area contributed by atoms with Crippen molar-refractivity contribution in [3.05, 3.63) is 54.1 Å². The van der Waals surface area contributed by atoms with Gasteiger partial charge in [0.2, 0.25) is 5.91 Å². The highest BCUT2D eigenvalue weighted by Crippen LogP contribution is 2.26. The van der Waals surface area contributed by atoms with Gasteiger partial charge in [-0.15, -0.1) is 0 Å². The molecule has 1 saturated heterocycles. The Morgan fingerprint density at radius 2 is 1.79 bits per heavy atom. The van der Waals surface area contributed by atoms with E-state index in [1.54, 1.807) is 29.2 Å². The van der Waals surface area contributed by atoms with Gasteiger partial charge >= 0.3 is 5.97 Å². The van der Waals surface area contributed by atoms with Gasteiger partial charge in [0, 0.05) is 24.3 Å². The second-order valence-electron chi connectivity index (χ2n) is 6.85. The Balaban J connectivity index is 1.48. The monoisotopic (exact) mass is 396 g/mol. The van der Waals surface area contributed by atoms with Gasteiger partial charge < -0.3 is 19.7 Å². The van der Waals surface area contributed by atoms with Gasteiger partial charge in [0.05, 0.1) is 12.5 Å². The van der Waals surface area contributed by atoms with E-state index in [4.69, 9.17) is 9.47 Å². The summed E-state index contributed by atoms with van der Waals surface area (Å²) in [5, 5.41) is 2.66. The Kier molecular flexibility index (Phi) is 6.49. The molecule has 0 unspecified atom stereocenters. The van der Waals surface area contributed by atoms with Gasteiger partial charge in [-0.1, -0.05) is 17.7 Å². The van der Waals surface area contributed by atoms with Crippen LogP contribution in [0.2, 0.25) is 0 Å². The molecule has 29 heavy (non-hydrogen) atoms. The summed E-state index contributed by atoms with van der Waals surface area (Å²) in [6, 6.07) is 14.4. The lowest BCUT2D eigenvalue weighted by Crippen LogP contribution is -2.28. The zero-order chi connectivity index (χ0) is 20.8. The minimum atomic E-state index is -0.581. The highest BCUT2D eigenvalue weighted by molar-refractivity contribution is 6.00.